The molecule has 0 saturated heterocycles. The fourth-order valence-corrected chi connectivity index (χ4v) is 3.04. The summed E-state index contributed by atoms with van der Waals surface area (Å²) >= 11 is 11.8. The molecule has 0 bridgehead atoms. The van der Waals surface area contributed by atoms with Gasteiger partial charge in [0, 0.05) is 12.4 Å². The second-order valence-electron chi connectivity index (χ2n) is 7.45. The van der Waals surface area contributed by atoms with Crippen LogP contribution in [0.1, 0.15) is 20.8 Å². The highest BCUT2D eigenvalue weighted by Crippen LogP contribution is 2.19. The molecule has 0 fully saturated rings. The Morgan fingerprint density at radius 3 is 2.53 bits per heavy atom. The van der Waals surface area contributed by atoms with Crippen LogP contribution in [0.3, 0.4) is 0 Å². The molecule has 0 spiro atoms. The number of fused-ring (bicyclic) bond motifs is 2. The summed E-state index contributed by atoms with van der Waals surface area (Å²) < 4.78 is 6.97. The van der Waals surface area contributed by atoms with Crippen LogP contribution in [0.4, 0.5) is 4.79 Å². The summed E-state index contributed by atoms with van der Waals surface area (Å²) in [7, 11) is 0. The topological polar surface area (TPSA) is 111 Å². The van der Waals surface area contributed by atoms with Gasteiger partial charge in [-0.1, -0.05) is 35.0 Å². The SMILES string of the molecule is CC(C)(C)OC(=O)NCC#CCn1ccc2ncnc(Cl)c21.Clc1ncnc2cc[nH]c12. The smallest absolute Gasteiger partial charge is 0.408 e. The number of carbonyl (C=O) groups excluding carboxylic acids is 1. The third kappa shape index (κ3) is 6.33. The number of carbonyl (C=O) groups is 1. The van der Waals surface area contributed by atoms with E-state index in [0.717, 1.165) is 22.1 Å². The normalized spacial score (nSPS) is 10.8. The van der Waals surface area contributed by atoms with Crippen molar-refractivity contribution in [2.75, 3.05) is 6.54 Å². The molecule has 4 rings (SSSR count). The first-order valence-electron chi connectivity index (χ1n) is 9.56. The van der Waals surface area contributed by atoms with E-state index in [1.165, 1.54) is 12.7 Å². The number of nitrogens with zero attached hydrogens (tertiary/aromatic N) is 5. The third-order valence-corrected chi connectivity index (χ3v) is 4.46. The van der Waals surface area contributed by atoms with Gasteiger partial charge in [-0.2, -0.15) is 0 Å². The molecule has 1 amide bonds. The van der Waals surface area contributed by atoms with Gasteiger partial charge < -0.3 is 19.6 Å². The average Bonchev–Trinajstić information content (AvgIpc) is 3.35. The zero-order valence-corrected chi connectivity index (χ0v) is 19.2. The molecule has 0 aromatic carbocycles. The van der Waals surface area contributed by atoms with E-state index in [1.807, 2.05) is 22.9 Å². The fourth-order valence-electron chi connectivity index (χ4n) is 2.60. The van der Waals surface area contributed by atoms with Crippen molar-refractivity contribution in [2.24, 2.45) is 0 Å². The second kappa shape index (κ2) is 10.3. The van der Waals surface area contributed by atoms with E-state index in [4.69, 9.17) is 27.9 Å². The van der Waals surface area contributed by atoms with E-state index >= 15 is 0 Å². The number of aromatic amines is 1. The summed E-state index contributed by atoms with van der Waals surface area (Å²) in [6.45, 7) is 6.08. The van der Waals surface area contributed by atoms with E-state index in [2.05, 4.69) is 42.1 Å². The van der Waals surface area contributed by atoms with Crippen molar-refractivity contribution in [3.8, 4) is 11.8 Å². The van der Waals surface area contributed by atoms with Crippen LogP contribution in [0.25, 0.3) is 22.1 Å². The van der Waals surface area contributed by atoms with E-state index in [9.17, 15) is 4.79 Å². The first-order valence-corrected chi connectivity index (χ1v) is 10.3. The number of amides is 1. The lowest BCUT2D eigenvalue weighted by molar-refractivity contribution is 0.0535. The highest BCUT2D eigenvalue weighted by Gasteiger charge is 2.15. The maximum Gasteiger partial charge on any atom is 0.408 e. The van der Waals surface area contributed by atoms with Crippen LogP contribution >= 0.6 is 23.2 Å². The van der Waals surface area contributed by atoms with Crippen LogP contribution in [-0.4, -0.2) is 47.7 Å². The zero-order valence-electron chi connectivity index (χ0n) is 17.7. The van der Waals surface area contributed by atoms with Gasteiger partial charge in [0.25, 0.3) is 0 Å². The molecule has 4 aromatic heterocycles. The Bertz CT molecular complexity index is 1280. The van der Waals surface area contributed by atoms with Gasteiger partial charge >= 0.3 is 6.09 Å². The van der Waals surface area contributed by atoms with Crippen LogP contribution in [0.2, 0.25) is 10.3 Å². The molecule has 9 nitrogen and oxygen atoms in total. The van der Waals surface area contributed by atoms with E-state index in [-0.39, 0.29) is 6.54 Å². The molecule has 0 aliphatic carbocycles. The highest BCUT2D eigenvalue weighted by molar-refractivity contribution is 6.34. The van der Waals surface area contributed by atoms with Gasteiger partial charge in [0.2, 0.25) is 0 Å². The minimum absolute atomic E-state index is 0.221. The summed E-state index contributed by atoms with van der Waals surface area (Å²) in [5.41, 5.74) is 2.65. The molecule has 4 heterocycles. The van der Waals surface area contributed by atoms with Crippen LogP contribution in [0.15, 0.2) is 37.2 Å². The predicted molar refractivity (Wildman–Crippen MR) is 123 cm³/mol. The summed E-state index contributed by atoms with van der Waals surface area (Å²) in [6.07, 6.45) is 6.01. The molecule has 0 saturated carbocycles. The summed E-state index contributed by atoms with van der Waals surface area (Å²) in [5.74, 6) is 5.81. The molecule has 32 heavy (non-hydrogen) atoms. The van der Waals surface area contributed by atoms with Gasteiger partial charge in [-0.05, 0) is 32.9 Å². The monoisotopic (exact) mass is 473 g/mol. The van der Waals surface area contributed by atoms with Gasteiger partial charge in [0.15, 0.2) is 10.3 Å². The molecule has 0 radical (unpaired) electrons. The molecule has 2 N–H and O–H groups in total. The van der Waals surface area contributed by atoms with Crippen LogP contribution in [0.5, 0.6) is 0 Å². The van der Waals surface area contributed by atoms with Gasteiger partial charge in [-0.3, -0.25) is 0 Å². The molecule has 0 unspecified atom stereocenters. The second-order valence-corrected chi connectivity index (χ2v) is 8.17. The van der Waals surface area contributed by atoms with Crippen molar-refractivity contribution in [1.29, 1.82) is 0 Å². The number of ether oxygens (including phenoxy) is 1. The van der Waals surface area contributed by atoms with Gasteiger partial charge in [0.05, 0.1) is 24.1 Å². The van der Waals surface area contributed by atoms with Crippen molar-refractivity contribution in [2.45, 2.75) is 32.9 Å². The molecule has 0 atom stereocenters. The number of aromatic nitrogens is 6. The van der Waals surface area contributed by atoms with Crippen molar-refractivity contribution < 1.29 is 9.53 Å². The molecule has 166 valence electrons. The summed E-state index contributed by atoms with van der Waals surface area (Å²) in [4.78, 5) is 30.2. The van der Waals surface area contributed by atoms with Crippen molar-refractivity contribution in [3.63, 3.8) is 0 Å². The van der Waals surface area contributed by atoms with Crippen LogP contribution in [-0.2, 0) is 11.3 Å². The Morgan fingerprint density at radius 2 is 1.81 bits per heavy atom. The maximum atomic E-state index is 11.4. The molecule has 4 aromatic rings. The molecular weight excluding hydrogens is 453 g/mol. The first kappa shape index (κ1) is 23.3. The third-order valence-electron chi connectivity index (χ3n) is 3.90. The average molecular weight is 474 g/mol. The lowest BCUT2D eigenvalue weighted by Crippen LogP contribution is -2.32. The van der Waals surface area contributed by atoms with Crippen molar-refractivity contribution >= 4 is 51.4 Å². The van der Waals surface area contributed by atoms with Crippen molar-refractivity contribution in [1.82, 2.24) is 34.8 Å². The summed E-state index contributed by atoms with van der Waals surface area (Å²) in [5, 5.41) is 3.43. The van der Waals surface area contributed by atoms with E-state index < -0.39 is 11.7 Å². The Kier molecular flexibility index (Phi) is 7.51. The fraction of sp³-hybridized carbons (Fsp3) is 0.286. The lowest BCUT2D eigenvalue weighted by atomic mass is 10.2. The lowest BCUT2D eigenvalue weighted by Gasteiger charge is -2.19. The largest absolute Gasteiger partial charge is 0.444 e. The standard InChI is InChI=1S/C15H17ClN4O2.C6H4ClN3/c1-15(2,3)22-14(21)17-7-4-5-8-20-9-6-11-12(20)13(16)19-10-18-11;7-6-5-4(1-2-8-5)9-3-10-6/h6,9-10H,7-8H2,1-3H3,(H,17,21);1-3,8H. The van der Waals surface area contributed by atoms with E-state index in [1.54, 1.807) is 27.0 Å². The Balaban J connectivity index is 0.000000238. The number of hydrogen-bond donors (Lipinski definition) is 2. The molecule has 0 aliphatic rings. The van der Waals surface area contributed by atoms with Crippen molar-refractivity contribution in [3.05, 3.63) is 47.5 Å². The zero-order chi connectivity index (χ0) is 23.1. The number of halogens is 2. The number of H-pyrrole nitrogens is 1. The quantitative estimate of drug-likeness (QED) is 0.333. The number of rotatable bonds is 2. The minimum Gasteiger partial charge on any atom is -0.444 e. The Morgan fingerprint density at radius 1 is 1.09 bits per heavy atom. The molecular formula is C21H21Cl2N7O2. The number of nitrogens with one attached hydrogen (secondary N) is 2. The summed E-state index contributed by atoms with van der Waals surface area (Å²) in [6, 6.07) is 3.70. The Hall–Kier alpha value is -3.35. The molecule has 0 aliphatic heterocycles. The molecule has 11 heteroatoms. The van der Waals surface area contributed by atoms with Crippen LogP contribution in [0, 0.1) is 11.8 Å². The van der Waals surface area contributed by atoms with Gasteiger partial charge in [-0.15, -0.1) is 0 Å². The van der Waals surface area contributed by atoms with Crippen LogP contribution < -0.4 is 5.32 Å². The van der Waals surface area contributed by atoms with E-state index in [0.29, 0.717) is 16.9 Å². The number of alkyl carbamates (subject to hydrolysis) is 1. The Labute approximate surface area is 194 Å². The van der Waals surface area contributed by atoms with Gasteiger partial charge in [0.1, 0.15) is 29.3 Å². The maximum absolute atomic E-state index is 11.4. The minimum atomic E-state index is -0.516. The highest BCUT2D eigenvalue weighted by atomic mass is 35.5. The predicted octanol–water partition coefficient (Wildman–Crippen LogP) is 4.22. The first-order chi connectivity index (χ1) is 15.2. The number of hydrogen-bond acceptors (Lipinski definition) is 6. The van der Waals surface area contributed by atoms with Gasteiger partial charge in [-0.25, -0.2) is 24.7 Å².